The normalized spacial score (nSPS) is 19.9. The van der Waals surface area contributed by atoms with E-state index in [1.165, 1.54) is 12.8 Å². The third kappa shape index (κ3) is 2.57. The van der Waals surface area contributed by atoms with Crippen LogP contribution in [0.25, 0.3) is 0 Å². The van der Waals surface area contributed by atoms with Crippen LogP contribution in [0.4, 0.5) is 5.82 Å². The molecule has 2 heterocycles. The van der Waals surface area contributed by atoms with Crippen LogP contribution in [0.3, 0.4) is 0 Å². The monoisotopic (exact) mass is 249 g/mol. The van der Waals surface area contributed by atoms with E-state index >= 15 is 0 Å². The Kier molecular flexibility index (Phi) is 3.62. The maximum atomic E-state index is 5.57. The SMILES string of the molecule is CC(C)C1CCCN1c1ccc(C(N)=S)cn1. The van der Waals surface area contributed by atoms with E-state index in [0.717, 1.165) is 17.9 Å². The summed E-state index contributed by atoms with van der Waals surface area (Å²) in [6, 6.07) is 4.59. The molecule has 0 spiro atoms. The zero-order chi connectivity index (χ0) is 12.4. The second-order valence-corrected chi connectivity index (χ2v) is 5.36. The average Bonchev–Trinajstić information content (AvgIpc) is 2.78. The van der Waals surface area contributed by atoms with Crippen LogP contribution in [-0.2, 0) is 0 Å². The van der Waals surface area contributed by atoms with Crippen molar-refractivity contribution in [2.45, 2.75) is 32.7 Å². The molecule has 0 bridgehead atoms. The first-order valence-corrected chi connectivity index (χ1v) is 6.53. The summed E-state index contributed by atoms with van der Waals surface area (Å²) in [6.45, 7) is 5.64. The van der Waals surface area contributed by atoms with Gasteiger partial charge in [-0.1, -0.05) is 26.1 Å². The fourth-order valence-corrected chi connectivity index (χ4v) is 2.59. The molecular formula is C13H19N3S. The van der Waals surface area contributed by atoms with Gasteiger partial charge in [-0.25, -0.2) is 4.98 Å². The molecule has 1 aliphatic heterocycles. The van der Waals surface area contributed by atoms with E-state index < -0.39 is 0 Å². The fraction of sp³-hybridized carbons (Fsp3) is 0.538. The number of rotatable bonds is 3. The molecular weight excluding hydrogens is 230 g/mol. The summed E-state index contributed by atoms with van der Waals surface area (Å²) in [5, 5.41) is 0. The highest BCUT2D eigenvalue weighted by atomic mass is 32.1. The van der Waals surface area contributed by atoms with Gasteiger partial charge in [-0.2, -0.15) is 0 Å². The minimum absolute atomic E-state index is 0.408. The first kappa shape index (κ1) is 12.3. The second kappa shape index (κ2) is 5.00. The highest BCUT2D eigenvalue weighted by Gasteiger charge is 2.27. The smallest absolute Gasteiger partial charge is 0.128 e. The molecule has 4 heteroatoms. The lowest BCUT2D eigenvalue weighted by Gasteiger charge is -2.28. The van der Waals surface area contributed by atoms with E-state index in [9.17, 15) is 0 Å². The van der Waals surface area contributed by atoms with Crippen molar-refractivity contribution in [2.24, 2.45) is 11.7 Å². The molecule has 1 aliphatic rings. The summed E-state index contributed by atoms with van der Waals surface area (Å²) >= 11 is 4.93. The number of thiocarbonyl (C=S) groups is 1. The molecule has 0 saturated carbocycles. The molecule has 0 aliphatic carbocycles. The van der Waals surface area contributed by atoms with Crippen molar-refractivity contribution in [3.05, 3.63) is 23.9 Å². The van der Waals surface area contributed by atoms with Crippen molar-refractivity contribution in [2.75, 3.05) is 11.4 Å². The molecule has 2 N–H and O–H groups in total. The van der Waals surface area contributed by atoms with E-state index in [0.29, 0.717) is 16.9 Å². The van der Waals surface area contributed by atoms with Crippen LogP contribution in [0.2, 0.25) is 0 Å². The van der Waals surface area contributed by atoms with Gasteiger partial charge < -0.3 is 10.6 Å². The largest absolute Gasteiger partial charge is 0.389 e. The Labute approximate surface area is 108 Å². The summed E-state index contributed by atoms with van der Waals surface area (Å²) in [5.41, 5.74) is 6.41. The summed E-state index contributed by atoms with van der Waals surface area (Å²) in [5.74, 6) is 1.70. The van der Waals surface area contributed by atoms with Crippen LogP contribution in [0.1, 0.15) is 32.3 Å². The Balaban J connectivity index is 2.19. The van der Waals surface area contributed by atoms with Crippen LogP contribution < -0.4 is 10.6 Å². The number of hydrogen-bond donors (Lipinski definition) is 1. The number of pyridine rings is 1. The predicted octanol–water partition coefficient (Wildman–Crippen LogP) is 2.34. The summed E-state index contributed by atoms with van der Waals surface area (Å²) in [6.07, 6.45) is 4.28. The highest BCUT2D eigenvalue weighted by Crippen LogP contribution is 2.28. The molecule has 1 saturated heterocycles. The predicted molar refractivity (Wildman–Crippen MR) is 75.3 cm³/mol. The van der Waals surface area contributed by atoms with E-state index in [1.54, 1.807) is 6.20 Å². The van der Waals surface area contributed by atoms with Gasteiger partial charge in [-0.05, 0) is 30.9 Å². The fourth-order valence-electron chi connectivity index (χ4n) is 2.47. The van der Waals surface area contributed by atoms with E-state index in [1.807, 2.05) is 12.1 Å². The van der Waals surface area contributed by atoms with E-state index in [-0.39, 0.29) is 0 Å². The highest BCUT2D eigenvalue weighted by molar-refractivity contribution is 7.80. The Morgan fingerprint density at radius 2 is 2.29 bits per heavy atom. The lowest BCUT2D eigenvalue weighted by Crippen LogP contribution is -2.33. The molecule has 1 atom stereocenters. The van der Waals surface area contributed by atoms with Crippen LogP contribution >= 0.6 is 12.2 Å². The molecule has 0 aromatic carbocycles. The Morgan fingerprint density at radius 1 is 1.53 bits per heavy atom. The number of hydrogen-bond acceptors (Lipinski definition) is 3. The van der Waals surface area contributed by atoms with Gasteiger partial charge in [-0.3, -0.25) is 0 Å². The molecule has 0 radical (unpaired) electrons. The van der Waals surface area contributed by atoms with Gasteiger partial charge in [-0.15, -0.1) is 0 Å². The van der Waals surface area contributed by atoms with Gasteiger partial charge in [0.05, 0.1) is 0 Å². The molecule has 1 fully saturated rings. The molecule has 92 valence electrons. The van der Waals surface area contributed by atoms with Crippen molar-refractivity contribution in [1.82, 2.24) is 4.98 Å². The van der Waals surface area contributed by atoms with Crippen LogP contribution in [0.5, 0.6) is 0 Å². The third-order valence-electron chi connectivity index (χ3n) is 3.40. The third-order valence-corrected chi connectivity index (χ3v) is 3.63. The quantitative estimate of drug-likeness (QED) is 0.835. The van der Waals surface area contributed by atoms with Crippen molar-refractivity contribution in [3.8, 4) is 0 Å². The minimum atomic E-state index is 0.408. The Hall–Kier alpha value is -1.16. The van der Waals surface area contributed by atoms with Crippen molar-refractivity contribution in [3.63, 3.8) is 0 Å². The van der Waals surface area contributed by atoms with Crippen LogP contribution in [-0.4, -0.2) is 22.6 Å². The first-order chi connectivity index (χ1) is 8.09. The van der Waals surface area contributed by atoms with Gasteiger partial charge in [0.25, 0.3) is 0 Å². The van der Waals surface area contributed by atoms with Gasteiger partial charge in [0.2, 0.25) is 0 Å². The number of aromatic nitrogens is 1. The van der Waals surface area contributed by atoms with E-state index in [4.69, 9.17) is 18.0 Å². The Morgan fingerprint density at radius 3 is 2.82 bits per heavy atom. The number of nitrogens with zero attached hydrogens (tertiary/aromatic N) is 2. The molecule has 1 unspecified atom stereocenters. The zero-order valence-electron chi connectivity index (χ0n) is 10.4. The lowest BCUT2D eigenvalue weighted by atomic mass is 10.0. The summed E-state index contributed by atoms with van der Waals surface area (Å²) in [4.78, 5) is 7.28. The van der Waals surface area contributed by atoms with Gasteiger partial charge in [0, 0.05) is 24.3 Å². The summed E-state index contributed by atoms with van der Waals surface area (Å²) < 4.78 is 0. The van der Waals surface area contributed by atoms with Crippen molar-refractivity contribution < 1.29 is 0 Å². The van der Waals surface area contributed by atoms with Crippen molar-refractivity contribution >= 4 is 23.0 Å². The van der Waals surface area contributed by atoms with Crippen LogP contribution in [0, 0.1) is 5.92 Å². The van der Waals surface area contributed by atoms with Gasteiger partial charge in [0.1, 0.15) is 10.8 Å². The molecule has 2 rings (SSSR count). The molecule has 1 aromatic heterocycles. The average molecular weight is 249 g/mol. The maximum Gasteiger partial charge on any atom is 0.128 e. The van der Waals surface area contributed by atoms with Gasteiger partial charge in [0.15, 0.2) is 0 Å². The molecule has 1 aromatic rings. The van der Waals surface area contributed by atoms with Crippen molar-refractivity contribution in [1.29, 1.82) is 0 Å². The second-order valence-electron chi connectivity index (χ2n) is 4.92. The number of nitrogens with two attached hydrogens (primary N) is 1. The summed E-state index contributed by atoms with van der Waals surface area (Å²) in [7, 11) is 0. The standard InChI is InChI=1S/C13H19N3S/c1-9(2)11-4-3-7-16(11)12-6-5-10(8-15-12)13(14)17/h5-6,8-9,11H,3-4,7H2,1-2H3,(H2,14,17). The first-order valence-electron chi connectivity index (χ1n) is 6.12. The maximum absolute atomic E-state index is 5.57. The number of anilines is 1. The lowest BCUT2D eigenvalue weighted by molar-refractivity contribution is 0.489. The zero-order valence-corrected chi connectivity index (χ0v) is 11.2. The van der Waals surface area contributed by atoms with Gasteiger partial charge >= 0.3 is 0 Å². The molecule has 3 nitrogen and oxygen atoms in total. The topological polar surface area (TPSA) is 42.1 Å². The van der Waals surface area contributed by atoms with E-state index in [2.05, 4.69) is 23.7 Å². The Bertz CT molecular complexity index is 400. The minimum Gasteiger partial charge on any atom is -0.389 e. The molecule has 17 heavy (non-hydrogen) atoms. The molecule has 0 amide bonds. The van der Waals surface area contributed by atoms with Crippen LogP contribution in [0.15, 0.2) is 18.3 Å².